The van der Waals surface area contributed by atoms with Crippen LogP contribution in [0.4, 0.5) is 0 Å². The lowest BCUT2D eigenvalue weighted by molar-refractivity contribution is -0.137. The minimum absolute atomic E-state index is 0.0282. The molecule has 0 saturated carbocycles. The largest absolute Gasteiger partial charge is 0.489 e. The molecule has 34 heavy (non-hydrogen) atoms. The lowest BCUT2D eigenvalue weighted by Crippen LogP contribution is -2.13. The highest BCUT2D eigenvalue weighted by molar-refractivity contribution is 6.01. The minimum Gasteiger partial charge on any atom is -0.489 e. The molecule has 0 amide bonds. The maximum absolute atomic E-state index is 11.1. The predicted molar refractivity (Wildman–Crippen MR) is 133 cm³/mol. The number of hydrogen-bond donors (Lipinski definition) is 1. The summed E-state index contributed by atoms with van der Waals surface area (Å²) >= 11 is 0. The molecule has 0 radical (unpaired) electrons. The number of ether oxygens (including phenoxy) is 2. The summed E-state index contributed by atoms with van der Waals surface area (Å²) in [5.74, 6) is 0.736. The van der Waals surface area contributed by atoms with Gasteiger partial charge >= 0.3 is 5.97 Å². The van der Waals surface area contributed by atoms with Crippen molar-refractivity contribution in [2.75, 3.05) is 13.7 Å². The number of hydrogen-bond acceptors (Lipinski definition) is 5. The standard InChI is InChI=1S/C28H31NO5/c1-3-7-24(18-28(30)31)22-12-16-26(17-13-22)33-19-21-10-14-25(15-11-21)34-20-27(29-32-2)23-8-5-4-6-9-23/h4-6,8-17,24H,3,7,18-20H2,1-2H3,(H,30,31)/b29-27-. The molecule has 0 spiro atoms. The van der Waals surface area contributed by atoms with Crippen LogP contribution in [0.1, 0.15) is 48.8 Å². The van der Waals surface area contributed by atoms with Crippen molar-refractivity contribution in [1.82, 2.24) is 0 Å². The molecule has 6 nitrogen and oxygen atoms in total. The molecular formula is C28H31NO5. The van der Waals surface area contributed by atoms with E-state index in [-0.39, 0.29) is 12.3 Å². The van der Waals surface area contributed by atoms with E-state index < -0.39 is 5.97 Å². The third kappa shape index (κ3) is 7.66. The van der Waals surface area contributed by atoms with Gasteiger partial charge in [-0.25, -0.2) is 0 Å². The van der Waals surface area contributed by atoms with E-state index in [1.165, 1.54) is 7.11 Å². The molecule has 3 aromatic rings. The van der Waals surface area contributed by atoms with E-state index >= 15 is 0 Å². The third-order valence-corrected chi connectivity index (χ3v) is 5.42. The first-order valence-electron chi connectivity index (χ1n) is 11.4. The summed E-state index contributed by atoms with van der Waals surface area (Å²) in [5, 5.41) is 13.2. The van der Waals surface area contributed by atoms with Crippen molar-refractivity contribution >= 4 is 11.7 Å². The Hall–Kier alpha value is -3.80. The van der Waals surface area contributed by atoms with E-state index in [0.717, 1.165) is 41.0 Å². The zero-order valence-corrected chi connectivity index (χ0v) is 19.6. The van der Waals surface area contributed by atoms with Crippen molar-refractivity contribution in [2.45, 2.75) is 38.7 Å². The first-order chi connectivity index (χ1) is 16.6. The smallest absolute Gasteiger partial charge is 0.303 e. The topological polar surface area (TPSA) is 77.4 Å². The Bertz CT molecular complexity index is 1050. The summed E-state index contributed by atoms with van der Waals surface area (Å²) in [4.78, 5) is 16.1. The number of oxime groups is 1. The van der Waals surface area contributed by atoms with Crippen molar-refractivity contribution in [3.8, 4) is 11.5 Å². The normalized spacial score (nSPS) is 12.1. The summed E-state index contributed by atoms with van der Waals surface area (Å²) in [6.45, 7) is 2.78. The Kier molecular flexibility index (Phi) is 9.52. The van der Waals surface area contributed by atoms with Crippen LogP contribution in [0.25, 0.3) is 0 Å². The van der Waals surface area contributed by atoms with Crippen molar-refractivity contribution in [1.29, 1.82) is 0 Å². The maximum Gasteiger partial charge on any atom is 0.303 e. The Morgan fingerprint density at radius 2 is 1.56 bits per heavy atom. The second kappa shape index (κ2) is 13.0. The van der Waals surface area contributed by atoms with Crippen LogP contribution in [0, 0.1) is 0 Å². The summed E-state index contributed by atoms with van der Waals surface area (Å²) in [6, 6.07) is 25.2. The number of rotatable bonds is 13. The molecule has 1 unspecified atom stereocenters. The highest BCUT2D eigenvalue weighted by atomic mass is 16.6. The predicted octanol–water partition coefficient (Wildman–Crippen LogP) is 6.05. The minimum atomic E-state index is -0.770. The highest BCUT2D eigenvalue weighted by Crippen LogP contribution is 2.27. The van der Waals surface area contributed by atoms with Crippen LogP contribution in [0.3, 0.4) is 0 Å². The molecule has 6 heteroatoms. The van der Waals surface area contributed by atoms with Crippen LogP contribution in [0.5, 0.6) is 11.5 Å². The fraction of sp³-hybridized carbons (Fsp3) is 0.286. The molecule has 1 N–H and O–H groups in total. The van der Waals surface area contributed by atoms with Crippen LogP contribution in [-0.2, 0) is 16.2 Å². The van der Waals surface area contributed by atoms with Crippen LogP contribution >= 0.6 is 0 Å². The molecule has 0 heterocycles. The average Bonchev–Trinajstić information content (AvgIpc) is 2.86. The lowest BCUT2D eigenvalue weighted by atomic mass is 9.91. The monoisotopic (exact) mass is 461 g/mol. The van der Waals surface area contributed by atoms with E-state index in [2.05, 4.69) is 12.1 Å². The Labute approximate surface area is 200 Å². The summed E-state index contributed by atoms with van der Waals surface area (Å²) in [5.41, 5.74) is 3.71. The van der Waals surface area contributed by atoms with E-state index in [9.17, 15) is 4.79 Å². The molecule has 0 aromatic heterocycles. The van der Waals surface area contributed by atoms with E-state index in [0.29, 0.717) is 18.9 Å². The Morgan fingerprint density at radius 3 is 2.18 bits per heavy atom. The number of carboxylic acids is 1. The first-order valence-corrected chi connectivity index (χ1v) is 11.4. The number of aliphatic carboxylic acids is 1. The molecule has 0 aliphatic carbocycles. The molecular weight excluding hydrogens is 430 g/mol. The second-order valence-corrected chi connectivity index (χ2v) is 7.96. The van der Waals surface area contributed by atoms with E-state index in [1.54, 1.807) is 0 Å². The maximum atomic E-state index is 11.1. The van der Waals surface area contributed by atoms with Gasteiger partial charge in [-0.1, -0.05) is 73.1 Å². The van der Waals surface area contributed by atoms with Crippen molar-refractivity contribution in [3.05, 3.63) is 95.6 Å². The summed E-state index contributed by atoms with van der Waals surface area (Å²) in [7, 11) is 1.52. The van der Waals surface area contributed by atoms with Gasteiger partial charge in [0.15, 0.2) is 0 Å². The molecule has 0 fully saturated rings. The quantitative estimate of drug-likeness (QED) is 0.248. The van der Waals surface area contributed by atoms with Gasteiger partial charge in [0.25, 0.3) is 0 Å². The van der Waals surface area contributed by atoms with E-state index in [1.807, 2.05) is 78.9 Å². The zero-order chi connectivity index (χ0) is 24.2. The number of carbonyl (C=O) groups is 1. The van der Waals surface area contributed by atoms with Gasteiger partial charge in [0, 0.05) is 5.56 Å². The van der Waals surface area contributed by atoms with E-state index in [4.69, 9.17) is 19.4 Å². The molecule has 0 aliphatic heterocycles. The molecule has 3 aromatic carbocycles. The SMILES string of the molecule is CCCC(CC(=O)O)c1ccc(OCc2ccc(OC/C(=N/OC)c3ccccc3)cc2)cc1. The van der Waals surface area contributed by atoms with Crippen LogP contribution < -0.4 is 9.47 Å². The van der Waals surface area contributed by atoms with Gasteiger partial charge in [0.2, 0.25) is 0 Å². The van der Waals surface area contributed by atoms with Crippen molar-refractivity contribution < 1.29 is 24.2 Å². The van der Waals surface area contributed by atoms with Crippen LogP contribution in [0.15, 0.2) is 84.0 Å². The molecule has 0 aliphatic rings. The van der Waals surface area contributed by atoms with Crippen LogP contribution in [-0.4, -0.2) is 30.5 Å². The average molecular weight is 462 g/mol. The second-order valence-electron chi connectivity index (χ2n) is 7.96. The van der Waals surface area contributed by atoms with Gasteiger partial charge in [0.1, 0.15) is 37.5 Å². The molecule has 3 rings (SSSR count). The van der Waals surface area contributed by atoms with Gasteiger partial charge in [-0.3, -0.25) is 4.79 Å². The van der Waals surface area contributed by atoms with Crippen LogP contribution in [0.2, 0.25) is 0 Å². The van der Waals surface area contributed by atoms with Gasteiger partial charge < -0.3 is 19.4 Å². The lowest BCUT2D eigenvalue weighted by Gasteiger charge is -2.15. The number of nitrogens with zero attached hydrogens (tertiary/aromatic N) is 1. The van der Waals surface area contributed by atoms with Gasteiger partial charge in [-0.15, -0.1) is 0 Å². The van der Waals surface area contributed by atoms with Gasteiger partial charge in [-0.05, 0) is 47.7 Å². The van der Waals surface area contributed by atoms with Crippen molar-refractivity contribution in [2.24, 2.45) is 5.16 Å². The van der Waals surface area contributed by atoms with Gasteiger partial charge in [-0.2, -0.15) is 0 Å². The fourth-order valence-corrected chi connectivity index (χ4v) is 3.69. The summed E-state index contributed by atoms with van der Waals surface area (Å²) < 4.78 is 11.8. The highest BCUT2D eigenvalue weighted by Gasteiger charge is 2.14. The van der Waals surface area contributed by atoms with Gasteiger partial charge in [0.05, 0.1) is 6.42 Å². The third-order valence-electron chi connectivity index (χ3n) is 5.42. The first kappa shape index (κ1) is 24.8. The molecule has 178 valence electrons. The Morgan fingerprint density at radius 1 is 0.912 bits per heavy atom. The van der Waals surface area contributed by atoms with Crippen molar-refractivity contribution in [3.63, 3.8) is 0 Å². The number of carboxylic acid groups (broad SMARTS) is 1. The number of benzene rings is 3. The molecule has 0 bridgehead atoms. The summed E-state index contributed by atoms with van der Waals surface area (Å²) in [6.07, 6.45) is 1.94. The molecule has 0 saturated heterocycles. The zero-order valence-electron chi connectivity index (χ0n) is 19.6. The fourth-order valence-electron chi connectivity index (χ4n) is 3.69. The Balaban J connectivity index is 1.52. The molecule has 1 atom stereocenters.